The number of fused-ring (bicyclic) bond motifs is 3. The van der Waals surface area contributed by atoms with Gasteiger partial charge in [0.05, 0.1) is 17.5 Å². The van der Waals surface area contributed by atoms with Crippen molar-refractivity contribution in [3.63, 3.8) is 0 Å². The Balaban J connectivity index is 1.24. The lowest BCUT2D eigenvalue weighted by molar-refractivity contribution is 0.171. The van der Waals surface area contributed by atoms with Gasteiger partial charge in [-0.2, -0.15) is 0 Å². The fourth-order valence-electron chi connectivity index (χ4n) is 4.13. The molecule has 0 aliphatic carbocycles. The SMILES string of the molecule is c1ccc2c(c1)NCC(c1ccc3c(c1)SC(c1ccc4c(c1)OCCO4)CN3)O2. The van der Waals surface area contributed by atoms with Crippen molar-refractivity contribution in [3.05, 3.63) is 71.8 Å². The largest absolute Gasteiger partial charge is 0.486 e. The highest BCUT2D eigenvalue weighted by molar-refractivity contribution is 7.99. The Bertz CT molecular complexity index is 1100. The third-order valence-corrected chi connectivity index (χ3v) is 7.01. The second-order valence-corrected chi connectivity index (χ2v) is 8.87. The standard InChI is InChI=1S/C24H22N2O3S/c1-2-4-19-17(3-1)25-13-22(29-19)15-5-7-18-23(12-15)30-24(14-26-18)16-6-8-20-21(11-16)28-10-9-27-20/h1-8,11-12,22,24-26H,9-10,13-14H2. The molecule has 3 aliphatic heterocycles. The molecular formula is C24H22N2O3S. The van der Waals surface area contributed by atoms with E-state index in [1.54, 1.807) is 0 Å². The first kappa shape index (κ1) is 17.8. The lowest BCUT2D eigenvalue weighted by Crippen LogP contribution is -2.24. The minimum absolute atomic E-state index is 0.000435. The maximum atomic E-state index is 6.26. The van der Waals surface area contributed by atoms with Crippen molar-refractivity contribution in [1.29, 1.82) is 0 Å². The average Bonchev–Trinajstić information content (AvgIpc) is 2.82. The molecule has 3 heterocycles. The van der Waals surface area contributed by atoms with E-state index in [4.69, 9.17) is 14.2 Å². The number of nitrogens with one attached hydrogen (secondary N) is 2. The maximum absolute atomic E-state index is 6.26. The summed E-state index contributed by atoms with van der Waals surface area (Å²) in [4.78, 5) is 1.25. The van der Waals surface area contributed by atoms with Gasteiger partial charge in [-0.05, 0) is 47.5 Å². The van der Waals surface area contributed by atoms with Crippen LogP contribution in [0.25, 0.3) is 0 Å². The Kier molecular flexibility index (Phi) is 4.38. The number of ether oxygens (including phenoxy) is 3. The molecule has 2 atom stereocenters. The predicted octanol–water partition coefficient (Wildman–Crippen LogP) is 5.26. The normalized spacial score (nSPS) is 21.3. The van der Waals surface area contributed by atoms with Gasteiger partial charge >= 0.3 is 0 Å². The van der Waals surface area contributed by atoms with E-state index in [9.17, 15) is 0 Å². The summed E-state index contributed by atoms with van der Waals surface area (Å²) in [6.07, 6.45) is 0.000435. The van der Waals surface area contributed by atoms with Crippen LogP contribution in [0.1, 0.15) is 22.5 Å². The lowest BCUT2D eigenvalue weighted by Gasteiger charge is -2.30. The summed E-state index contributed by atoms with van der Waals surface area (Å²) in [5, 5.41) is 7.38. The molecule has 5 nitrogen and oxygen atoms in total. The van der Waals surface area contributed by atoms with E-state index in [1.165, 1.54) is 21.7 Å². The summed E-state index contributed by atoms with van der Waals surface area (Å²) >= 11 is 1.89. The molecule has 3 aromatic carbocycles. The maximum Gasteiger partial charge on any atom is 0.161 e. The number of rotatable bonds is 2. The van der Waals surface area contributed by atoms with Crippen molar-refractivity contribution in [3.8, 4) is 17.2 Å². The van der Waals surface area contributed by atoms with Crippen LogP contribution in [0.4, 0.5) is 11.4 Å². The summed E-state index contributed by atoms with van der Waals surface area (Å²) < 4.78 is 17.7. The van der Waals surface area contributed by atoms with E-state index >= 15 is 0 Å². The first-order chi connectivity index (χ1) is 14.8. The van der Waals surface area contributed by atoms with Gasteiger partial charge in [0.1, 0.15) is 25.1 Å². The molecule has 3 aromatic rings. The molecule has 6 heteroatoms. The fourth-order valence-corrected chi connectivity index (χ4v) is 5.35. The highest BCUT2D eigenvalue weighted by Crippen LogP contribution is 2.46. The van der Waals surface area contributed by atoms with Crippen LogP contribution < -0.4 is 24.8 Å². The summed E-state index contributed by atoms with van der Waals surface area (Å²) in [5.74, 6) is 2.59. The molecule has 0 radical (unpaired) electrons. The van der Waals surface area contributed by atoms with E-state index in [2.05, 4.69) is 47.0 Å². The van der Waals surface area contributed by atoms with Crippen LogP contribution in [0.2, 0.25) is 0 Å². The first-order valence-electron chi connectivity index (χ1n) is 10.3. The third kappa shape index (κ3) is 3.21. The van der Waals surface area contributed by atoms with Crippen molar-refractivity contribution < 1.29 is 14.2 Å². The van der Waals surface area contributed by atoms with Crippen molar-refractivity contribution in [1.82, 2.24) is 0 Å². The van der Waals surface area contributed by atoms with E-state index in [0.29, 0.717) is 18.5 Å². The molecule has 0 aromatic heterocycles. The molecule has 30 heavy (non-hydrogen) atoms. The Morgan fingerprint density at radius 3 is 2.53 bits per heavy atom. The van der Waals surface area contributed by atoms with Gasteiger partial charge in [0.15, 0.2) is 11.5 Å². The van der Waals surface area contributed by atoms with Crippen LogP contribution in [-0.2, 0) is 0 Å². The summed E-state index contributed by atoms with van der Waals surface area (Å²) in [5.41, 5.74) is 4.67. The van der Waals surface area contributed by atoms with E-state index < -0.39 is 0 Å². The predicted molar refractivity (Wildman–Crippen MR) is 119 cm³/mol. The van der Waals surface area contributed by atoms with Crippen LogP contribution in [0.3, 0.4) is 0 Å². The average molecular weight is 419 g/mol. The van der Waals surface area contributed by atoms with Crippen molar-refractivity contribution >= 4 is 23.1 Å². The van der Waals surface area contributed by atoms with Gasteiger partial charge in [-0.25, -0.2) is 0 Å². The zero-order chi connectivity index (χ0) is 19.9. The molecule has 2 unspecified atom stereocenters. The molecule has 0 amide bonds. The quantitative estimate of drug-likeness (QED) is 0.592. The Hall–Kier alpha value is -2.99. The van der Waals surface area contributed by atoms with Gasteiger partial charge in [-0.1, -0.05) is 24.3 Å². The zero-order valence-electron chi connectivity index (χ0n) is 16.4. The number of hydrogen-bond acceptors (Lipinski definition) is 6. The fraction of sp³-hybridized carbons (Fsp3) is 0.250. The smallest absolute Gasteiger partial charge is 0.161 e. The Morgan fingerprint density at radius 1 is 0.733 bits per heavy atom. The van der Waals surface area contributed by atoms with E-state index in [1.807, 2.05) is 36.0 Å². The lowest BCUT2D eigenvalue weighted by atomic mass is 10.1. The van der Waals surface area contributed by atoms with Crippen molar-refractivity contribution in [2.24, 2.45) is 0 Å². The molecular weight excluding hydrogens is 396 g/mol. The summed E-state index contributed by atoms with van der Waals surface area (Å²) in [6, 6.07) is 21.0. The summed E-state index contributed by atoms with van der Waals surface area (Å²) in [7, 11) is 0. The number of hydrogen-bond donors (Lipinski definition) is 2. The van der Waals surface area contributed by atoms with Crippen LogP contribution in [0, 0.1) is 0 Å². The second-order valence-electron chi connectivity index (χ2n) is 7.63. The van der Waals surface area contributed by atoms with Crippen molar-refractivity contribution in [2.45, 2.75) is 16.2 Å². The van der Waals surface area contributed by atoms with Gasteiger partial charge in [0.2, 0.25) is 0 Å². The van der Waals surface area contributed by atoms with Crippen LogP contribution in [-0.4, -0.2) is 26.3 Å². The van der Waals surface area contributed by atoms with Gasteiger partial charge in [0, 0.05) is 17.1 Å². The van der Waals surface area contributed by atoms with Gasteiger partial charge in [-0.3, -0.25) is 0 Å². The number of para-hydroxylation sites is 2. The third-order valence-electron chi connectivity index (χ3n) is 5.70. The molecule has 152 valence electrons. The van der Waals surface area contributed by atoms with Gasteiger partial charge in [0.25, 0.3) is 0 Å². The first-order valence-corrected chi connectivity index (χ1v) is 11.1. The molecule has 6 rings (SSSR count). The minimum Gasteiger partial charge on any atom is -0.486 e. The molecule has 0 fully saturated rings. The van der Waals surface area contributed by atoms with Crippen LogP contribution in [0.5, 0.6) is 17.2 Å². The molecule has 0 bridgehead atoms. The Morgan fingerprint density at radius 2 is 1.57 bits per heavy atom. The monoisotopic (exact) mass is 418 g/mol. The van der Waals surface area contributed by atoms with Gasteiger partial charge in [-0.15, -0.1) is 11.8 Å². The van der Waals surface area contributed by atoms with Crippen molar-refractivity contribution in [2.75, 3.05) is 36.9 Å². The molecule has 0 saturated carbocycles. The zero-order valence-corrected chi connectivity index (χ0v) is 17.2. The molecule has 0 spiro atoms. The van der Waals surface area contributed by atoms with Crippen LogP contribution in [0.15, 0.2) is 65.6 Å². The van der Waals surface area contributed by atoms with E-state index in [0.717, 1.165) is 36.0 Å². The highest BCUT2D eigenvalue weighted by atomic mass is 32.2. The number of anilines is 2. The molecule has 3 aliphatic rings. The molecule has 2 N–H and O–H groups in total. The van der Waals surface area contributed by atoms with Gasteiger partial charge < -0.3 is 24.8 Å². The van der Waals surface area contributed by atoms with Crippen LogP contribution >= 0.6 is 11.8 Å². The number of benzene rings is 3. The topological polar surface area (TPSA) is 51.8 Å². The minimum atomic E-state index is 0.000435. The molecule has 0 saturated heterocycles. The second kappa shape index (κ2) is 7.36. The highest BCUT2D eigenvalue weighted by Gasteiger charge is 2.26. The Labute approximate surface area is 179 Å². The number of thioether (sulfide) groups is 1. The summed E-state index contributed by atoms with van der Waals surface area (Å²) in [6.45, 7) is 2.87. The van der Waals surface area contributed by atoms with E-state index in [-0.39, 0.29) is 6.10 Å².